The predicted molar refractivity (Wildman–Crippen MR) is 43.9 cm³/mol. The van der Waals surface area contributed by atoms with Crippen LogP contribution < -0.4 is 0 Å². The Labute approximate surface area is 73.9 Å². The summed E-state index contributed by atoms with van der Waals surface area (Å²) in [4.78, 5) is 18.3. The van der Waals surface area contributed by atoms with Crippen LogP contribution in [0.2, 0.25) is 0 Å². The van der Waals surface area contributed by atoms with Gasteiger partial charge in [0.1, 0.15) is 6.79 Å². The Bertz CT molecular complexity index is 307. The number of phenols is 2. The lowest BCUT2D eigenvalue weighted by molar-refractivity contribution is -0.0980. The quantitative estimate of drug-likeness (QED) is 0.556. The maximum absolute atomic E-state index is 10.3. The van der Waals surface area contributed by atoms with Gasteiger partial charge in [-0.05, 0) is 18.2 Å². The number of carboxylic acid groups (broad SMARTS) is 1. The van der Waals surface area contributed by atoms with Crippen LogP contribution >= 0.6 is 0 Å². The molecule has 1 aromatic carbocycles. The second-order valence-electron chi connectivity index (χ2n) is 2.01. The van der Waals surface area contributed by atoms with E-state index in [1.807, 2.05) is 6.79 Å². The number of carbonyl (C=O) groups is 2. The fraction of sp³-hybridized carbons (Fsp3) is 0. The molecule has 0 amide bonds. The standard InChI is InChI=1S/C7H6O4.CH2O/c8-5-2-1-4(7(10)11)3-6(5)9;1-2/h1-3,8-9H,(H,10,11);1H2. The van der Waals surface area contributed by atoms with Crippen molar-refractivity contribution >= 4 is 12.8 Å². The van der Waals surface area contributed by atoms with Crippen molar-refractivity contribution in [3.05, 3.63) is 23.8 Å². The maximum Gasteiger partial charge on any atom is 0.335 e. The predicted octanol–water partition coefficient (Wildman–Crippen LogP) is 0.611. The van der Waals surface area contributed by atoms with Crippen LogP contribution in [0.25, 0.3) is 0 Å². The third-order valence-corrected chi connectivity index (χ3v) is 1.22. The average Bonchev–Trinajstić information content (AvgIpc) is 2.13. The highest BCUT2D eigenvalue weighted by Gasteiger charge is 2.05. The normalized spacial score (nSPS) is 8.31. The zero-order chi connectivity index (χ0) is 10.4. The summed E-state index contributed by atoms with van der Waals surface area (Å²) in [6.45, 7) is 2.00. The number of rotatable bonds is 1. The summed E-state index contributed by atoms with van der Waals surface area (Å²) in [5.74, 6) is -1.89. The molecule has 0 saturated carbocycles. The van der Waals surface area contributed by atoms with Crippen molar-refractivity contribution in [3.63, 3.8) is 0 Å². The second-order valence-corrected chi connectivity index (χ2v) is 2.01. The van der Waals surface area contributed by atoms with Gasteiger partial charge >= 0.3 is 5.97 Å². The Hall–Kier alpha value is -2.04. The third-order valence-electron chi connectivity index (χ3n) is 1.22. The minimum Gasteiger partial charge on any atom is -0.504 e. The van der Waals surface area contributed by atoms with Crippen LogP contribution in [0, 0.1) is 0 Å². The van der Waals surface area contributed by atoms with E-state index < -0.39 is 11.7 Å². The van der Waals surface area contributed by atoms with E-state index in [0.717, 1.165) is 12.1 Å². The summed E-state index contributed by atoms with van der Waals surface area (Å²) in [6, 6.07) is 3.31. The third kappa shape index (κ3) is 2.82. The minimum absolute atomic E-state index is 0.0553. The Kier molecular flexibility index (Phi) is 4.01. The fourth-order valence-corrected chi connectivity index (χ4v) is 0.656. The van der Waals surface area contributed by atoms with Crippen LogP contribution in [0.4, 0.5) is 0 Å². The van der Waals surface area contributed by atoms with E-state index in [2.05, 4.69) is 0 Å². The molecule has 0 unspecified atom stereocenters. The molecular weight excluding hydrogens is 176 g/mol. The topological polar surface area (TPSA) is 94.8 Å². The van der Waals surface area contributed by atoms with E-state index in [0.29, 0.717) is 0 Å². The number of hydrogen-bond donors (Lipinski definition) is 3. The maximum atomic E-state index is 10.3. The molecule has 0 aliphatic carbocycles. The molecule has 0 radical (unpaired) electrons. The van der Waals surface area contributed by atoms with Crippen molar-refractivity contribution in [1.82, 2.24) is 0 Å². The van der Waals surface area contributed by atoms with Gasteiger partial charge in [0.25, 0.3) is 0 Å². The largest absolute Gasteiger partial charge is 0.504 e. The van der Waals surface area contributed by atoms with E-state index in [4.69, 9.17) is 20.1 Å². The number of phenolic OH excluding ortho intramolecular Hbond substituents is 2. The summed E-state index contributed by atoms with van der Waals surface area (Å²) >= 11 is 0. The first kappa shape index (κ1) is 11.0. The molecule has 0 spiro atoms. The highest BCUT2D eigenvalue weighted by molar-refractivity contribution is 5.88. The fourth-order valence-electron chi connectivity index (χ4n) is 0.656. The van der Waals surface area contributed by atoms with Crippen molar-refractivity contribution in [3.8, 4) is 11.5 Å². The van der Waals surface area contributed by atoms with Gasteiger partial charge in [0, 0.05) is 0 Å². The van der Waals surface area contributed by atoms with Crippen LogP contribution in [0.5, 0.6) is 11.5 Å². The van der Waals surface area contributed by atoms with Gasteiger partial charge < -0.3 is 20.1 Å². The summed E-state index contributed by atoms with van der Waals surface area (Å²) in [6.07, 6.45) is 0. The van der Waals surface area contributed by atoms with Gasteiger partial charge in [-0.1, -0.05) is 0 Å². The van der Waals surface area contributed by atoms with Crippen LogP contribution in [-0.4, -0.2) is 28.1 Å². The number of carbonyl (C=O) groups excluding carboxylic acids is 1. The highest BCUT2D eigenvalue weighted by atomic mass is 16.4. The number of benzene rings is 1. The Morgan fingerprint density at radius 2 is 1.69 bits per heavy atom. The van der Waals surface area contributed by atoms with Crippen LogP contribution in [0.1, 0.15) is 10.4 Å². The first-order valence-corrected chi connectivity index (χ1v) is 3.15. The molecule has 13 heavy (non-hydrogen) atoms. The molecule has 0 aliphatic rings. The summed E-state index contributed by atoms with van der Waals surface area (Å²) in [5.41, 5.74) is -0.0553. The average molecular weight is 184 g/mol. The Morgan fingerprint density at radius 1 is 1.15 bits per heavy atom. The van der Waals surface area contributed by atoms with E-state index in [1.54, 1.807) is 0 Å². The lowest BCUT2D eigenvalue weighted by Crippen LogP contribution is -1.94. The zero-order valence-electron chi connectivity index (χ0n) is 6.60. The number of carboxylic acids is 1. The smallest absolute Gasteiger partial charge is 0.335 e. The SMILES string of the molecule is C=O.O=C(O)c1ccc(O)c(O)c1. The second kappa shape index (κ2) is 4.76. The van der Waals surface area contributed by atoms with E-state index in [-0.39, 0.29) is 11.3 Å². The van der Waals surface area contributed by atoms with Crippen molar-refractivity contribution in [2.75, 3.05) is 0 Å². The summed E-state index contributed by atoms with van der Waals surface area (Å²) in [5, 5.41) is 26.0. The molecule has 70 valence electrons. The van der Waals surface area contributed by atoms with E-state index >= 15 is 0 Å². The number of hydrogen-bond acceptors (Lipinski definition) is 4. The van der Waals surface area contributed by atoms with Gasteiger partial charge in [0.2, 0.25) is 0 Å². The van der Waals surface area contributed by atoms with Gasteiger partial charge in [0.15, 0.2) is 11.5 Å². The lowest BCUT2D eigenvalue weighted by Gasteiger charge is -1.97. The molecule has 0 heterocycles. The Morgan fingerprint density at radius 3 is 2.08 bits per heavy atom. The first-order valence-electron chi connectivity index (χ1n) is 3.15. The molecule has 0 aromatic heterocycles. The molecule has 3 N–H and O–H groups in total. The molecule has 5 heteroatoms. The molecule has 5 nitrogen and oxygen atoms in total. The molecule has 1 rings (SSSR count). The van der Waals surface area contributed by atoms with Crippen LogP contribution in [0.15, 0.2) is 18.2 Å². The van der Waals surface area contributed by atoms with Crippen LogP contribution in [-0.2, 0) is 4.79 Å². The minimum atomic E-state index is -1.14. The molecule has 0 bridgehead atoms. The van der Waals surface area contributed by atoms with Gasteiger partial charge in [-0.25, -0.2) is 4.79 Å². The van der Waals surface area contributed by atoms with E-state index in [9.17, 15) is 4.79 Å². The van der Waals surface area contributed by atoms with Gasteiger partial charge in [-0.2, -0.15) is 0 Å². The molecule has 0 fully saturated rings. The Balaban J connectivity index is 0.000000671. The van der Waals surface area contributed by atoms with Crippen molar-refractivity contribution in [2.24, 2.45) is 0 Å². The van der Waals surface area contributed by atoms with E-state index in [1.165, 1.54) is 6.07 Å². The van der Waals surface area contributed by atoms with Crippen molar-refractivity contribution in [1.29, 1.82) is 0 Å². The van der Waals surface area contributed by atoms with Gasteiger partial charge in [0.05, 0.1) is 5.56 Å². The molecule has 0 atom stereocenters. The monoisotopic (exact) mass is 184 g/mol. The molecular formula is C8H8O5. The number of aromatic carboxylic acids is 1. The van der Waals surface area contributed by atoms with Gasteiger partial charge in [-0.3, -0.25) is 0 Å². The lowest BCUT2D eigenvalue weighted by atomic mass is 10.2. The van der Waals surface area contributed by atoms with Crippen molar-refractivity contribution in [2.45, 2.75) is 0 Å². The van der Waals surface area contributed by atoms with Crippen LogP contribution in [0.3, 0.4) is 0 Å². The molecule has 1 aromatic rings. The summed E-state index contributed by atoms with van der Waals surface area (Å²) in [7, 11) is 0. The highest BCUT2D eigenvalue weighted by Crippen LogP contribution is 2.24. The molecule has 0 saturated heterocycles. The van der Waals surface area contributed by atoms with Gasteiger partial charge in [-0.15, -0.1) is 0 Å². The van der Waals surface area contributed by atoms with Crippen molar-refractivity contribution < 1.29 is 24.9 Å². The molecule has 0 aliphatic heterocycles. The first-order chi connectivity index (χ1) is 6.11. The zero-order valence-corrected chi connectivity index (χ0v) is 6.60. The number of aromatic hydroxyl groups is 2. The summed E-state index contributed by atoms with van der Waals surface area (Å²) < 4.78 is 0.